The van der Waals surface area contributed by atoms with Gasteiger partial charge in [-0.25, -0.2) is 4.79 Å². The number of halogens is 4. The number of aromatic nitrogens is 2. The Morgan fingerprint density at radius 1 is 1.06 bits per heavy atom. The lowest BCUT2D eigenvalue weighted by molar-refractivity contribution is -0.153. The van der Waals surface area contributed by atoms with Crippen LogP contribution in [0.2, 0.25) is 0 Å². The molecule has 0 aliphatic carbocycles. The van der Waals surface area contributed by atoms with E-state index in [0.717, 1.165) is 19.6 Å². The van der Waals surface area contributed by atoms with Crippen molar-refractivity contribution >= 4 is 5.69 Å². The fourth-order valence-corrected chi connectivity index (χ4v) is 3.48. The van der Waals surface area contributed by atoms with Crippen molar-refractivity contribution in [3.63, 3.8) is 0 Å². The summed E-state index contributed by atoms with van der Waals surface area (Å²) in [5.74, 6) is 0.223. The molecule has 3 rings (SSSR count). The van der Waals surface area contributed by atoms with Crippen LogP contribution in [0.4, 0.5) is 18.9 Å². The SMILES string of the molecule is Cc1c[nH]c(=O)n(CCCN2CCN(c3ccccc3OCC(F)(F)F)CC2)c1=O.[Cl-]. The third kappa shape index (κ3) is 6.76. The van der Waals surface area contributed by atoms with Crippen molar-refractivity contribution in [3.05, 3.63) is 56.9 Å². The molecule has 0 amide bonds. The van der Waals surface area contributed by atoms with Gasteiger partial charge in [-0.15, -0.1) is 0 Å². The first-order valence-corrected chi connectivity index (χ1v) is 9.79. The molecule has 1 aromatic carbocycles. The van der Waals surface area contributed by atoms with Gasteiger partial charge in [-0.3, -0.25) is 14.3 Å². The molecule has 1 saturated heterocycles. The molecule has 0 bridgehead atoms. The first-order chi connectivity index (χ1) is 14.2. The molecule has 0 radical (unpaired) electrons. The van der Waals surface area contributed by atoms with Crippen molar-refractivity contribution in [2.24, 2.45) is 0 Å². The number of benzene rings is 1. The fraction of sp³-hybridized carbons (Fsp3) is 0.500. The van der Waals surface area contributed by atoms with Crippen LogP contribution >= 0.6 is 0 Å². The summed E-state index contributed by atoms with van der Waals surface area (Å²) in [6.45, 7) is 4.16. The summed E-state index contributed by atoms with van der Waals surface area (Å²) in [7, 11) is 0. The van der Waals surface area contributed by atoms with Crippen LogP contribution in [0.1, 0.15) is 12.0 Å². The predicted octanol–water partition coefficient (Wildman–Crippen LogP) is -0.998. The second-order valence-electron chi connectivity index (χ2n) is 7.29. The molecule has 1 aromatic heterocycles. The van der Waals surface area contributed by atoms with Crippen LogP contribution in [-0.2, 0) is 6.54 Å². The van der Waals surface area contributed by atoms with Gasteiger partial charge in [-0.05, 0) is 32.0 Å². The Labute approximate surface area is 183 Å². The van der Waals surface area contributed by atoms with Crippen molar-refractivity contribution in [2.75, 3.05) is 44.2 Å². The fourth-order valence-electron chi connectivity index (χ4n) is 3.48. The Morgan fingerprint density at radius 3 is 2.42 bits per heavy atom. The largest absolute Gasteiger partial charge is 1.00 e. The Balaban J connectivity index is 0.00000341. The number of hydrogen-bond acceptors (Lipinski definition) is 5. The maximum atomic E-state index is 12.5. The average Bonchev–Trinajstić information content (AvgIpc) is 2.72. The quantitative estimate of drug-likeness (QED) is 0.573. The molecule has 0 spiro atoms. The van der Waals surface area contributed by atoms with Gasteiger partial charge in [0.05, 0.1) is 5.69 Å². The van der Waals surface area contributed by atoms with Gasteiger partial charge in [-0.1, -0.05) is 12.1 Å². The highest BCUT2D eigenvalue weighted by atomic mass is 35.5. The Bertz CT molecular complexity index is 969. The van der Waals surface area contributed by atoms with Gasteiger partial charge in [0.2, 0.25) is 0 Å². The Hall–Kier alpha value is -2.46. The van der Waals surface area contributed by atoms with Gasteiger partial charge in [0.1, 0.15) is 5.75 Å². The minimum atomic E-state index is -4.38. The molecule has 172 valence electrons. The van der Waals surface area contributed by atoms with E-state index in [0.29, 0.717) is 37.3 Å². The van der Waals surface area contributed by atoms with Crippen LogP contribution in [0.25, 0.3) is 0 Å². The third-order valence-corrected chi connectivity index (χ3v) is 5.07. The number of nitrogens with zero attached hydrogens (tertiary/aromatic N) is 3. The molecule has 1 aliphatic rings. The van der Waals surface area contributed by atoms with Crippen molar-refractivity contribution in [3.8, 4) is 5.75 Å². The molecule has 31 heavy (non-hydrogen) atoms. The van der Waals surface area contributed by atoms with Crippen LogP contribution in [0, 0.1) is 6.92 Å². The molecule has 0 atom stereocenters. The minimum absolute atomic E-state index is 0. The van der Waals surface area contributed by atoms with E-state index in [4.69, 9.17) is 4.74 Å². The van der Waals surface area contributed by atoms with Gasteiger partial charge in [0.25, 0.3) is 5.56 Å². The molecule has 1 aliphatic heterocycles. The maximum Gasteiger partial charge on any atom is 0.422 e. The highest BCUT2D eigenvalue weighted by Gasteiger charge is 2.29. The molecule has 1 fully saturated rings. The van der Waals surface area contributed by atoms with E-state index >= 15 is 0 Å². The summed E-state index contributed by atoms with van der Waals surface area (Å²) >= 11 is 0. The molecule has 2 aromatic rings. The van der Waals surface area contributed by atoms with Crippen LogP contribution < -0.4 is 33.3 Å². The van der Waals surface area contributed by atoms with Gasteiger partial charge < -0.3 is 27.0 Å². The van der Waals surface area contributed by atoms with Gasteiger partial charge in [-0.2, -0.15) is 13.2 Å². The molecular formula is C20H25ClF3N4O3-. The van der Waals surface area contributed by atoms with Crippen LogP contribution in [0.3, 0.4) is 0 Å². The van der Waals surface area contributed by atoms with Gasteiger partial charge in [0, 0.05) is 44.5 Å². The highest BCUT2D eigenvalue weighted by molar-refractivity contribution is 5.58. The first-order valence-electron chi connectivity index (χ1n) is 9.79. The molecular weight excluding hydrogens is 437 g/mol. The van der Waals surface area contributed by atoms with Gasteiger partial charge in [0.15, 0.2) is 6.61 Å². The molecule has 2 heterocycles. The smallest absolute Gasteiger partial charge is 0.422 e. The summed E-state index contributed by atoms with van der Waals surface area (Å²) in [5.41, 5.74) is 0.457. The molecule has 11 heteroatoms. The van der Waals surface area contributed by atoms with E-state index in [1.54, 1.807) is 31.2 Å². The lowest BCUT2D eigenvalue weighted by Crippen LogP contribution is -3.00. The maximum absolute atomic E-state index is 12.5. The zero-order chi connectivity index (χ0) is 21.7. The molecule has 0 saturated carbocycles. The van der Waals surface area contributed by atoms with Crippen LogP contribution in [0.5, 0.6) is 5.75 Å². The summed E-state index contributed by atoms with van der Waals surface area (Å²) in [5, 5.41) is 0. The highest BCUT2D eigenvalue weighted by Crippen LogP contribution is 2.30. The number of piperazine rings is 1. The average molecular weight is 462 g/mol. The standard InChI is InChI=1S/C20H25F3N4O3.ClH/c1-15-13-24-19(29)27(18(15)28)8-4-7-25-9-11-26(12-10-25)16-5-2-3-6-17(16)30-14-20(21,22)23;/h2-3,5-6,13H,4,7-12,14H2,1H3,(H,24,29);1H/p-1. The monoisotopic (exact) mass is 461 g/mol. The summed E-state index contributed by atoms with van der Waals surface area (Å²) < 4.78 is 43.7. The number of H-pyrrole nitrogens is 1. The third-order valence-electron chi connectivity index (χ3n) is 5.07. The van der Waals surface area contributed by atoms with E-state index < -0.39 is 18.5 Å². The number of nitrogens with one attached hydrogen (secondary N) is 1. The van der Waals surface area contributed by atoms with Crippen molar-refractivity contribution in [1.29, 1.82) is 0 Å². The lowest BCUT2D eigenvalue weighted by atomic mass is 10.2. The van der Waals surface area contributed by atoms with Gasteiger partial charge >= 0.3 is 11.9 Å². The Kier molecular flexibility index (Phi) is 8.58. The first kappa shape index (κ1) is 24.8. The molecule has 7 nitrogen and oxygen atoms in total. The number of rotatable bonds is 7. The topological polar surface area (TPSA) is 70.6 Å². The minimum Gasteiger partial charge on any atom is -1.00 e. The summed E-state index contributed by atoms with van der Waals surface area (Å²) in [6.07, 6.45) is -2.32. The molecule has 0 unspecified atom stereocenters. The molecule has 1 N–H and O–H groups in total. The van der Waals surface area contributed by atoms with E-state index in [1.807, 2.05) is 4.90 Å². The van der Waals surface area contributed by atoms with Crippen LogP contribution in [0.15, 0.2) is 40.1 Å². The predicted molar refractivity (Wildman–Crippen MR) is 107 cm³/mol. The second kappa shape index (κ2) is 10.7. The zero-order valence-electron chi connectivity index (χ0n) is 17.1. The number of aryl methyl sites for hydroxylation is 1. The number of alkyl halides is 3. The number of aromatic amines is 1. The van der Waals surface area contributed by atoms with Crippen molar-refractivity contribution < 1.29 is 30.3 Å². The van der Waals surface area contributed by atoms with Crippen molar-refractivity contribution in [1.82, 2.24) is 14.5 Å². The Morgan fingerprint density at radius 2 is 1.74 bits per heavy atom. The van der Waals surface area contributed by atoms with E-state index in [2.05, 4.69) is 9.88 Å². The lowest BCUT2D eigenvalue weighted by Gasteiger charge is -2.36. The van der Waals surface area contributed by atoms with E-state index in [1.165, 1.54) is 10.8 Å². The van der Waals surface area contributed by atoms with Crippen LogP contribution in [-0.4, -0.2) is 60.0 Å². The number of para-hydroxylation sites is 2. The number of hydrogen-bond donors (Lipinski definition) is 1. The number of anilines is 1. The normalized spacial score (nSPS) is 14.9. The summed E-state index contributed by atoms with van der Waals surface area (Å²) in [6, 6.07) is 6.74. The number of ether oxygens (including phenoxy) is 1. The van der Waals surface area contributed by atoms with E-state index in [9.17, 15) is 22.8 Å². The second-order valence-corrected chi connectivity index (χ2v) is 7.29. The van der Waals surface area contributed by atoms with Crippen molar-refractivity contribution in [2.45, 2.75) is 26.1 Å². The summed E-state index contributed by atoms with van der Waals surface area (Å²) in [4.78, 5) is 30.7. The zero-order valence-corrected chi connectivity index (χ0v) is 17.9. The van der Waals surface area contributed by atoms with E-state index in [-0.39, 0.29) is 23.7 Å².